The van der Waals surface area contributed by atoms with Crippen LogP contribution in [0, 0.1) is 11.3 Å². The first kappa shape index (κ1) is 14.8. The van der Waals surface area contributed by atoms with E-state index in [4.69, 9.17) is 10.00 Å². The Bertz CT molecular complexity index is 388. The summed E-state index contributed by atoms with van der Waals surface area (Å²) in [4.78, 5) is 0. The van der Waals surface area contributed by atoms with Crippen LogP contribution in [-0.2, 0) is 0 Å². The summed E-state index contributed by atoms with van der Waals surface area (Å²) in [5.74, 6) is 1.16. The summed E-state index contributed by atoms with van der Waals surface area (Å²) in [6.45, 7) is 0.348. The summed E-state index contributed by atoms with van der Waals surface area (Å²) in [5, 5.41) is 27.9. The molecular weight excluding hydrogens is 250 g/mol. The lowest BCUT2D eigenvalue weighted by Gasteiger charge is -2.17. The second kappa shape index (κ2) is 7.98. The first-order valence-electron chi connectivity index (χ1n) is 5.75. The van der Waals surface area contributed by atoms with Gasteiger partial charge in [-0.1, -0.05) is 12.1 Å². The van der Waals surface area contributed by atoms with Crippen molar-refractivity contribution in [3.63, 3.8) is 0 Å². The second-order valence-electron chi connectivity index (χ2n) is 3.85. The average Bonchev–Trinajstić information content (AvgIpc) is 2.39. The maximum Gasteiger partial charge on any atom is 0.119 e. The zero-order chi connectivity index (χ0) is 13.4. The van der Waals surface area contributed by atoms with Crippen LogP contribution in [0.15, 0.2) is 24.3 Å². The summed E-state index contributed by atoms with van der Waals surface area (Å²) in [5.41, 5.74) is 0.636. The normalized spacial score (nSPS) is 13.7. The molecule has 1 aromatic rings. The van der Waals surface area contributed by atoms with Crippen LogP contribution in [0.1, 0.15) is 24.5 Å². The van der Waals surface area contributed by atoms with Crippen LogP contribution < -0.4 is 4.74 Å². The molecule has 0 saturated carbocycles. The highest BCUT2D eigenvalue weighted by Crippen LogP contribution is 2.22. The summed E-state index contributed by atoms with van der Waals surface area (Å²) in [6, 6.07) is 8.82. The molecule has 0 fully saturated rings. The number of hydrogen-bond acceptors (Lipinski definition) is 5. The minimum absolute atomic E-state index is 0.338. The van der Waals surface area contributed by atoms with Crippen LogP contribution in [-0.4, -0.2) is 28.7 Å². The molecule has 0 bridgehead atoms. The Morgan fingerprint density at radius 1 is 1.28 bits per heavy atom. The van der Waals surface area contributed by atoms with Crippen molar-refractivity contribution < 1.29 is 14.9 Å². The molecule has 0 aromatic heterocycles. The molecule has 1 aromatic carbocycles. The van der Waals surface area contributed by atoms with Crippen LogP contribution in [0.5, 0.6) is 5.75 Å². The molecular formula is C13H17NO3S. The molecule has 18 heavy (non-hydrogen) atoms. The first-order chi connectivity index (χ1) is 8.69. The highest BCUT2D eigenvalue weighted by Gasteiger charge is 2.17. The molecule has 0 aliphatic carbocycles. The number of benzene rings is 1. The van der Waals surface area contributed by atoms with Crippen LogP contribution in [0.3, 0.4) is 0 Å². The topological polar surface area (TPSA) is 73.5 Å². The maximum atomic E-state index is 9.86. The third-order valence-corrected chi connectivity index (χ3v) is 2.75. The molecule has 4 nitrogen and oxygen atoms in total. The van der Waals surface area contributed by atoms with E-state index in [2.05, 4.69) is 12.6 Å². The van der Waals surface area contributed by atoms with Crippen molar-refractivity contribution in [1.82, 2.24) is 0 Å². The molecule has 5 heteroatoms. The molecule has 0 radical (unpaired) electrons. The summed E-state index contributed by atoms with van der Waals surface area (Å²) >= 11 is 4.01. The highest BCUT2D eigenvalue weighted by molar-refractivity contribution is 7.80. The van der Waals surface area contributed by atoms with E-state index in [-0.39, 0.29) is 0 Å². The number of rotatable bonds is 7. The van der Waals surface area contributed by atoms with Crippen molar-refractivity contribution in [2.45, 2.75) is 25.0 Å². The van der Waals surface area contributed by atoms with Gasteiger partial charge in [-0.25, -0.2) is 0 Å². The average molecular weight is 267 g/mol. The van der Waals surface area contributed by atoms with Gasteiger partial charge in [0, 0.05) is 0 Å². The lowest BCUT2D eigenvalue weighted by Crippen LogP contribution is -2.18. The standard InChI is InChI=1S/C13H17NO3S/c14-7-1-8-17-11-4-2-10(3-5-11)13(16)12(15)6-9-18/h2-5,12-13,15-16,18H,1,6,8-9H2. The largest absolute Gasteiger partial charge is 0.493 e. The molecule has 2 unspecified atom stereocenters. The van der Waals surface area contributed by atoms with Crippen molar-refractivity contribution in [2.24, 2.45) is 0 Å². The maximum absolute atomic E-state index is 9.86. The number of thiol groups is 1. The third-order valence-electron chi connectivity index (χ3n) is 2.49. The lowest BCUT2D eigenvalue weighted by molar-refractivity contribution is 0.0172. The number of ether oxygens (including phenoxy) is 1. The zero-order valence-corrected chi connectivity index (χ0v) is 10.9. The SMILES string of the molecule is N#CCCOc1ccc(C(O)C(O)CCS)cc1. The van der Waals surface area contributed by atoms with Gasteiger partial charge in [0.2, 0.25) is 0 Å². The number of aliphatic hydroxyl groups is 2. The number of aliphatic hydroxyl groups excluding tert-OH is 2. The van der Waals surface area contributed by atoms with E-state index in [1.165, 1.54) is 0 Å². The van der Waals surface area contributed by atoms with E-state index < -0.39 is 12.2 Å². The van der Waals surface area contributed by atoms with Gasteiger partial charge >= 0.3 is 0 Å². The van der Waals surface area contributed by atoms with Crippen LogP contribution >= 0.6 is 12.6 Å². The minimum atomic E-state index is -0.912. The van der Waals surface area contributed by atoms with Crippen molar-refractivity contribution in [3.05, 3.63) is 29.8 Å². The second-order valence-corrected chi connectivity index (χ2v) is 4.30. The summed E-state index contributed by atoms with van der Waals surface area (Å²) in [7, 11) is 0. The molecule has 98 valence electrons. The molecule has 2 atom stereocenters. The number of nitrogens with zero attached hydrogens (tertiary/aromatic N) is 1. The molecule has 0 saturated heterocycles. The number of nitriles is 1. The Morgan fingerprint density at radius 2 is 1.94 bits per heavy atom. The van der Waals surface area contributed by atoms with Gasteiger partial charge in [-0.3, -0.25) is 0 Å². The van der Waals surface area contributed by atoms with Gasteiger partial charge in [-0.05, 0) is 29.9 Å². The van der Waals surface area contributed by atoms with Crippen molar-refractivity contribution in [3.8, 4) is 11.8 Å². The van der Waals surface area contributed by atoms with E-state index in [0.717, 1.165) is 0 Å². The van der Waals surface area contributed by atoms with Crippen LogP contribution in [0.25, 0.3) is 0 Å². The Balaban J connectivity index is 2.56. The summed E-state index contributed by atoms with van der Waals surface area (Å²) in [6.07, 6.45) is -0.950. The van der Waals surface area contributed by atoms with Gasteiger partial charge in [0.1, 0.15) is 18.5 Å². The Hall–Kier alpha value is -1.22. The summed E-state index contributed by atoms with van der Waals surface area (Å²) < 4.78 is 5.31. The van der Waals surface area contributed by atoms with Gasteiger partial charge in [0.25, 0.3) is 0 Å². The van der Waals surface area contributed by atoms with Crippen molar-refractivity contribution in [2.75, 3.05) is 12.4 Å². The predicted molar refractivity (Wildman–Crippen MR) is 71.6 cm³/mol. The molecule has 0 amide bonds. The molecule has 1 rings (SSSR count). The van der Waals surface area contributed by atoms with E-state index in [1.807, 2.05) is 6.07 Å². The van der Waals surface area contributed by atoms with E-state index >= 15 is 0 Å². The fourth-order valence-corrected chi connectivity index (χ4v) is 1.75. The zero-order valence-electron chi connectivity index (χ0n) is 9.99. The van der Waals surface area contributed by atoms with Gasteiger partial charge in [0.15, 0.2) is 0 Å². The minimum Gasteiger partial charge on any atom is -0.493 e. The quantitative estimate of drug-likeness (QED) is 0.519. The van der Waals surface area contributed by atoms with Crippen LogP contribution in [0.2, 0.25) is 0 Å². The van der Waals surface area contributed by atoms with Gasteiger partial charge in [-0.2, -0.15) is 17.9 Å². The van der Waals surface area contributed by atoms with Crippen molar-refractivity contribution >= 4 is 12.6 Å². The smallest absolute Gasteiger partial charge is 0.119 e. The third kappa shape index (κ3) is 4.57. The fraction of sp³-hybridized carbons (Fsp3) is 0.462. The monoisotopic (exact) mass is 267 g/mol. The fourth-order valence-electron chi connectivity index (χ4n) is 1.49. The number of hydrogen-bond donors (Lipinski definition) is 3. The van der Waals surface area contributed by atoms with Gasteiger partial charge < -0.3 is 14.9 Å². The van der Waals surface area contributed by atoms with E-state index in [9.17, 15) is 10.2 Å². The van der Waals surface area contributed by atoms with E-state index in [1.54, 1.807) is 24.3 Å². The van der Waals surface area contributed by atoms with Crippen LogP contribution in [0.4, 0.5) is 0 Å². The molecule has 0 aliphatic heterocycles. The van der Waals surface area contributed by atoms with Gasteiger partial charge in [-0.15, -0.1) is 0 Å². The van der Waals surface area contributed by atoms with Gasteiger partial charge in [0.05, 0.1) is 18.6 Å². The Morgan fingerprint density at radius 3 is 2.50 bits per heavy atom. The Labute approximate surface area is 112 Å². The van der Waals surface area contributed by atoms with Crippen molar-refractivity contribution in [1.29, 1.82) is 5.26 Å². The molecule has 0 spiro atoms. The highest BCUT2D eigenvalue weighted by atomic mass is 32.1. The molecule has 0 heterocycles. The molecule has 2 N–H and O–H groups in total. The predicted octanol–water partition coefficient (Wildman–Crippen LogP) is 1.69. The molecule has 0 aliphatic rings. The Kier molecular flexibility index (Phi) is 6.58. The lowest BCUT2D eigenvalue weighted by atomic mass is 10.0. The van der Waals surface area contributed by atoms with E-state index in [0.29, 0.717) is 36.5 Å². The first-order valence-corrected chi connectivity index (χ1v) is 6.39.